The third-order valence-electron chi connectivity index (χ3n) is 4.08. The van der Waals surface area contributed by atoms with E-state index >= 15 is 0 Å². The Labute approximate surface area is 144 Å². The summed E-state index contributed by atoms with van der Waals surface area (Å²) in [6.07, 6.45) is -0.910. The zero-order valence-electron chi connectivity index (χ0n) is 13.3. The molecule has 5 nitrogen and oxygen atoms in total. The largest absolute Gasteiger partial charge is 0.459 e. The van der Waals surface area contributed by atoms with Crippen molar-refractivity contribution in [2.45, 2.75) is 12.6 Å². The molecule has 1 unspecified atom stereocenters. The van der Waals surface area contributed by atoms with Crippen molar-refractivity contribution in [1.82, 2.24) is 5.32 Å². The molecule has 1 aliphatic heterocycles. The Morgan fingerprint density at radius 2 is 1.72 bits per heavy atom. The summed E-state index contributed by atoms with van der Waals surface area (Å²) >= 11 is 0. The second kappa shape index (κ2) is 6.28. The van der Waals surface area contributed by atoms with E-state index in [1.807, 2.05) is 42.5 Å². The van der Waals surface area contributed by atoms with Gasteiger partial charge in [-0.3, -0.25) is 4.79 Å². The molecule has 2 heterocycles. The predicted octanol–water partition coefficient (Wildman–Crippen LogP) is 3.47. The number of furan rings is 1. The summed E-state index contributed by atoms with van der Waals surface area (Å²) in [4.78, 5) is 24.2. The first-order valence-corrected chi connectivity index (χ1v) is 7.94. The number of benzene rings is 2. The molecule has 5 heteroatoms. The van der Waals surface area contributed by atoms with Crippen molar-refractivity contribution < 1.29 is 18.7 Å². The maximum Gasteiger partial charge on any atom is 0.339 e. The van der Waals surface area contributed by atoms with Crippen molar-refractivity contribution in [2.75, 3.05) is 0 Å². The number of hydrogen-bond donors (Lipinski definition) is 1. The third kappa shape index (κ3) is 2.92. The van der Waals surface area contributed by atoms with E-state index in [-0.39, 0.29) is 12.5 Å². The van der Waals surface area contributed by atoms with E-state index in [4.69, 9.17) is 9.15 Å². The molecule has 0 fully saturated rings. The number of rotatable bonds is 4. The standard InChI is InChI=1S/C20H15NO4/c22-19(18-15-8-4-5-9-16(15)20(23)25-18)21-12-14-10-11-17(24-14)13-6-2-1-3-7-13/h1-11,18H,12H2,(H,21,22). The van der Waals surface area contributed by atoms with Gasteiger partial charge >= 0.3 is 5.97 Å². The molecule has 0 saturated carbocycles. The molecular formula is C20H15NO4. The Balaban J connectivity index is 1.43. The number of carbonyl (C=O) groups is 2. The van der Waals surface area contributed by atoms with Crippen LogP contribution in [0.25, 0.3) is 11.3 Å². The third-order valence-corrected chi connectivity index (χ3v) is 4.08. The summed E-state index contributed by atoms with van der Waals surface area (Å²) in [5.41, 5.74) is 2.00. The summed E-state index contributed by atoms with van der Waals surface area (Å²) in [5, 5.41) is 2.76. The van der Waals surface area contributed by atoms with Crippen LogP contribution in [0.4, 0.5) is 0 Å². The van der Waals surface area contributed by atoms with Gasteiger partial charge in [0, 0.05) is 11.1 Å². The number of esters is 1. The van der Waals surface area contributed by atoms with Crippen LogP contribution in [-0.4, -0.2) is 11.9 Å². The molecule has 25 heavy (non-hydrogen) atoms. The van der Waals surface area contributed by atoms with Crippen molar-refractivity contribution in [3.05, 3.63) is 83.6 Å². The van der Waals surface area contributed by atoms with Crippen LogP contribution in [-0.2, 0) is 16.1 Å². The van der Waals surface area contributed by atoms with Crippen LogP contribution >= 0.6 is 0 Å². The lowest BCUT2D eigenvalue weighted by atomic mass is 10.1. The van der Waals surface area contributed by atoms with Gasteiger partial charge in [0.05, 0.1) is 12.1 Å². The topological polar surface area (TPSA) is 68.5 Å². The SMILES string of the molecule is O=C1OC(C(=O)NCc2ccc(-c3ccccc3)o2)c2ccccc21. The summed E-state index contributed by atoms with van der Waals surface area (Å²) < 4.78 is 10.9. The summed E-state index contributed by atoms with van der Waals surface area (Å²) in [6, 6.07) is 20.3. The second-order valence-corrected chi connectivity index (χ2v) is 5.72. The molecule has 124 valence electrons. The van der Waals surface area contributed by atoms with E-state index < -0.39 is 12.1 Å². The molecule has 1 aromatic heterocycles. The molecule has 0 spiro atoms. The van der Waals surface area contributed by atoms with Crippen LogP contribution in [0.3, 0.4) is 0 Å². The molecule has 1 aliphatic rings. The Morgan fingerprint density at radius 3 is 2.56 bits per heavy atom. The minimum absolute atomic E-state index is 0.224. The number of carbonyl (C=O) groups excluding carboxylic acids is 2. The average Bonchev–Trinajstić information content (AvgIpc) is 3.26. The molecule has 1 amide bonds. The van der Waals surface area contributed by atoms with Crippen molar-refractivity contribution in [3.63, 3.8) is 0 Å². The molecule has 4 rings (SSSR count). The van der Waals surface area contributed by atoms with Crippen LogP contribution in [0.2, 0.25) is 0 Å². The van der Waals surface area contributed by atoms with Crippen LogP contribution in [0.1, 0.15) is 27.8 Å². The van der Waals surface area contributed by atoms with Gasteiger partial charge in [0.2, 0.25) is 6.10 Å². The zero-order chi connectivity index (χ0) is 17.2. The lowest BCUT2D eigenvalue weighted by Gasteiger charge is -2.10. The van der Waals surface area contributed by atoms with Gasteiger partial charge in [-0.25, -0.2) is 4.79 Å². The predicted molar refractivity (Wildman–Crippen MR) is 90.6 cm³/mol. The average molecular weight is 333 g/mol. The Kier molecular flexibility index (Phi) is 3.82. The number of hydrogen-bond acceptors (Lipinski definition) is 4. The Hall–Kier alpha value is -3.34. The van der Waals surface area contributed by atoms with Gasteiger partial charge < -0.3 is 14.5 Å². The molecule has 1 atom stereocenters. The van der Waals surface area contributed by atoms with E-state index in [0.717, 1.165) is 11.3 Å². The molecule has 3 aromatic rings. The van der Waals surface area contributed by atoms with Crippen LogP contribution in [0.15, 0.2) is 71.1 Å². The number of ether oxygens (including phenoxy) is 1. The van der Waals surface area contributed by atoms with E-state index in [1.54, 1.807) is 24.3 Å². The van der Waals surface area contributed by atoms with Crippen molar-refractivity contribution in [1.29, 1.82) is 0 Å². The fraction of sp³-hybridized carbons (Fsp3) is 0.100. The molecule has 0 bridgehead atoms. The maximum atomic E-state index is 12.4. The van der Waals surface area contributed by atoms with Gasteiger partial charge in [0.15, 0.2) is 0 Å². The highest BCUT2D eigenvalue weighted by molar-refractivity contribution is 5.99. The first-order chi connectivity index (χ1) is 12.2. The van der Waals surface area contributed by atoms with E-state index in [2.05, 4.69) is 5.32 Å². The highest BCUT2D eigenvalue weighted by Gasteiger charge is 2.35. The molecule has 2 aromatic carbocycles. The van der Waals surface area contributed by atoms with Crippen LogP contribution in [0, 0.1) is 0 Å². The molecule has 0 radical (unpaired) electrons. The van der Waals surface area contributed by atoms with Crippen molar-refractivity contribution in [3.8, 4) is 11.3 Å². The van der Waals surface area contributed by atoms with E-state index in [0.29, 0.717) is 16.9 Å². The molecular weight excluding hydrogens is 318 g/mol. The lowest BCUT2D eigenvalue weighted by molar-refractivity contribution is -0.129. The minimum Gasteiger partial charge on any atom is -0.459 e. The van der Waals surface area contributed by atoms with Crippen LogP contribution < -0.4 is 5.32 Å². The maximum absolute atomic E-state index is 12.4. The number of nitrogens with one attached hydrogen (secondary N) is 1. The smallest absolute Gasteiger partial charge is 0.339 e. The molecule has 0 saturated heterocycles. The monoisotopic (exact) mass is 333 g/mol. The van der Waals surface area contributed by atoms with Gasteiger partial charge in [-0.15, -0.1) is 0 Å². The molecule has 0 aliphatic carbocycles. The number of cyclic esters (lactones) is 1. The lowest BCUT2D eigenvalue weighted by Crippen LogP contribution is -2.28. The van der Waals surface area contributed by atoms with E-state index in [9.17, 15) is 9.59 Å². The number of fused-ring (bicyclic) bond motifs is 1. The quantitative estimate of drug-likeness (QED) is 0.742. The minimum atomic E-state index is -0.910. The zero-order valence-corrected chi connectivity index (χ0v) is 13.3. The van der Waals surface area contributed by atoms with Gasteiger partial charge in [0.1, 0.15) is 11.5 Å². The summed E-state index contributed by atoms with van der Waals surface area (Å²) in [7, 11) is 0. The highest BCUT2D eigenvalue weighted by atomic mass is 16.6. The van der Waals surface area contributed by atoms with Gasteiger partial charge in [0.25, 0.3) is 5.91 Å². The summed E-state index contributed by atoms with van der Waals surface area (Å²) in [5.74, 6) is 0.531. The Bertz CT molecular complexity index is 930. The summed E-state index contributed by atoms with van der Waals surface area (Å²) in [6.45, 7) is 0.224. The second-order valence-electron chi connectivity index (χ2n) is 5.72. The fourth-order valence-corrected chi connectivity index (χ4v) is 2.84. The van der Waals surface area contributed by atoms with Gasteiger partial charge in [-0.05, 0) is 18.2 Å². The number of amides is 1. The van der Waals surface area contributed by atoms with Crippen LogP contribution in [0.5, 0.6) is 0 Å². The Morgan fingerprint density at radius 1 is 0.960 bits per heavy atom. The normalized spacial score (nSPS) is 15.5. The first-order valence-electron chi connectivity index (χ1n) is 7.94. The van der Waals surface area contributed by atoms with Crippen molar-refractivity contribution >= 4 is 11.9 Å². The van der Waals surface area contributed by atoms with Crippen molar-refractivity contribution in [2.24, 2.45) is 0 Å². The van der Waals surface area contributed by atoms with Gasteiger partial charge in [-0.1, -0.05) is 48.5 Å². The first kappa shape index (κ1) is 15.2. The molecule has 1 N–H and O–H groups in total. The highest BCUT2D eigenvalue weighted by Crippen LogP contribution is 2.30. The van der Waals surface area contributed by atoms with E-state index in [1.165, 1.54) is 0 Å². The fourth-order valence-electron chi connectivity index (χ4n) is 2.84. The van der Waals surface area contributed by atoms with Gasteiger partial charge in [-0.2, -0.15) is 0 Å².